The van der Waals surface area contributed by atoms with Gasteiger partial charge in [-0.1, -0.05) is 11.3 Å². The van der Waals surface area contributed by atoms with Gasteiger partial charge in [0.05, 0.1) is 12.3 Å². The molecule has 1 aromatic heterocycles. The Kier molecular flexibility index (Phi) is 3.10. The molecule has 0 saturated carbocycles. The molecule has 0 saturated heterocycles. The lowest BCUT2D eigenvalue weighted by Gasteiger charge is -2.02. The van der Waals surface area contributed by atoms with Crippen molar-refractivity contribution in [3.05, 3.63) is 30.0 Å². The smallest absolute Gasteiger partial charge is 0.195 e. The maximum atomic E-state index is 9.47. The van der Waals surface area contributed by atoms with Crippen molar-refractivity contribution in [2.75, 3.05) is 6.61 Å². The van der Waals surface area contributed by atoms with Gasteiger partial charge in [-0.2, -0.15) is 0 Å². The third-order valence-corrected chi connectivity index (χ3v) is 3.19. The fourth-order valence-electron chi connectivity index (χ4n) is 1.37. The van der Waals surface area contributed by atoms with Crippen molar-refractivity contribution < 1.29 is 9.84 Å². The minimum Gasteiger partial charge on any atom is -0.498 e. The Balaban J connectivity index is 2.27. The molecule has 0 amide bonds. The lowest BCUT2D eigenvalue weighted by atomic mass is 10.2. The molecule has 1 aromatic carbocycles. The molecule has 1 heterocycles. The van der Waals surface area contributed by atoms with Crippen LogP contribution in [0.15, 0.2) is 24.3 Å². The Labute approximate surface area is 98.4 Å². The van der Waals surface area contributed by atoms with Gasteiger partial charge in [0, 0.05) is 5.56 Å². The normalized spacial score (nSPS) is 10.4. The van der Waals surface area contributed by atoms with Crippen LogP contribution in [0, 0.1) is 6.92 Å². The van der Waals surface area contributed by atoms with E-state index < -0.39 is 0 Å². The molecule has 0 bridgehead atoms. The van der Waals surface area contributed by atoms with E-state index in [1.54, 1.807) is 6.92 Å². The Morgan fingerprint density at radius 3 is 2.50 bits per heavy atom. The SMILES string of the molecule is CCOc1ccc(-c2nc(C)c(O)s2)cc1. The van der Waals surface area contributed by atoms with Gasteiger partial charge in [0.2, 0.25) is 0 Å². The molecule has 2 aromatic rings. The Hall–Kier alpha value is -1.55. The minimum atomic E-state index is 0.281. The first kappa shape index (κ1) is 11.0. The van der Waals surface area contributed by atoms with Gasteiger partial charge in [0.1, 0.15) is 10.8 Å². The van der Waals surface area contributed by atoms with Crippen LogP contribution in [-0.2, 0) is 0 Å². The second kappa shape index (κ2) is 4.53. The summed E-state index contributed by atoms with van der Waals surface area (Å²) in [6.07, 6.45) is 0. The van der Waals surface area contributed by atoms with Gasteiger partial charge < -0.3 is 9.84 Å². The van der Waals surface area contributed by atoms with E-state index in [2.05, 4.69) is 4.98 Å². The van der Waals surface area contributed by atoms with Crippen LogP contribution < -0.4 is 4.74 Å². The second-order valence-electron chi connectivity index (χ2n) is 3.37. The molecule has 0 fully saturated rings. The van der Waals surface area contributed by atoms with E-state index in [1.807, 2.05) is 31.2 Å². The monoisotopic (exact) mass is 235 g/mol. The summed E-state index contributed by atoms with van der Waals surface area (Å²) in [4.78, 5) is 4.28. The molecule has 84 valence electrons. The van der Waals surface area contributed by atoms with E-state index in [0.717, 1.165) is 16.3 Å². The Morgan fingerprint density at radius 1 is 1.31 bits per heavy atom. The molecule has 3 nitrogen and oxygen atoms in total. The van der Waals surface area contributed by atoms with Crippen molar-refractivity contribution in [3.63, 3.8) is 0 Å². The van der Waals surface area contributed by atoms with Gasteiger partial charge >= 0.3 is 0 Å². The molecule has 0 atom stereocenters. The third-order valence-electron chi connectivity index (χ3n) is 2.18. The third kappa shape index (κ3) is 2.17. The summed E-state index contributed by atoms with van der Waals surface area (Å²) in [5.74, 6) is 0.851. The van der Waals surface area contributed by atoms with E-state index in [1.165, 1.54) is 11.3 Å². The zero-order valence-corrected chi connectivity index (χ0v) is 10.0. The fourth-order valence-corrected chi connectivity index (χ4v) is 2.19. The number of hydrogen-bond acceptors (Lipinski definition) is 4. The molecule has 2 rings (SSSR count). The van der Waals surface area contributed by atoms with Crippen molar-refractivity contribution in [1.29, 1.82) is 0 Å². The van der Waals surface area contributed by atoms with E-state index in [0.29, 0.717) is 12.3 Å². The van der Waals surface area contributed by atoms with Gasteiger partial charge in [-0.25, -0.2) is 4.98 Å². The van der Waals surface area contributed by atoms with Gasteiger partial charge in [0.25, 0.3) is 0 Å². The van der Waals surface area contributed by atoms with Crippen LogP contribution in [0.4, 0.5) is 0 Å². The van der Waals surface area contributed by atoms with Gasteiger partial charge in [-0.05, 0) is 38.1 Å². The highest BCUT2D eigenvalue weighted by Gasteiger charge is 2.07. The number of benzene rings is 1. The summed E-state index contributed by atoms with van der Waals surface area (Å²) < 4.78 is 5.36. The lowest BCUT2D eigenvalue weighted by molar-refractivity contribution is 0.340. The summed E-state index contributed by atoms with van der Waals surface area (Å²) >= 11 is 1.29. The first-order valence-corrected chi connectivity index (χ1v) is 5.92. The highest BCUT2D eigenvalue weighted by atomic mass is 32.1. The molecule has 4 heteroatoms. The molecule has 0 aliphatic carbocycles. The molecular weight excluding hydrogens is 222 g/mol. The summed E-state index contributed by atoms with van der Waals surface area (Å²) in [5.41, 5.74) is 1.67. The van der Waals surface area contributed by atoms with Crippen LogP contribution in [0.2, 0.25) is 0 Å². The molecular formula is C12H13NO2S. The van der Waals surface area contributed by atoms with E-state index in [9.17, 15) is 5.11 Å². The van der Waals surface area contributed by atoms with E-state index in [-0.39, 0.29) is 5.06 Å². The molecule has 1 N–H and O–H groups in total. The van der Waals surface area contributed by atoms with E-state index in [4.69, 9.17) is 4.74 Å². The second-order valence-corrected chi connectivity index (χ2v) is 4.34. The quantitative estimate of drug-likeness (QED) is 0.888. The van der Waals surface area contributed by atoms with E-state index >= 15 is 0 Å². The van der Waals surface area contributed by atoms with Crippen LogP contribution in [0.3, 0.4) is 0 Å². The van der Waals surface area contributed by atoms with Crippen molar-refractivity contribution in [1.82, 2.24) is 4.98 Å². The number of hydrogen-bond donors (Lipinski definition) is 1. The van der Waals surface area contributed by atoms with Crippen LogP contribution >= 0.6 is 11.3 Å². The molecule has 0 spiro atoms. The van der Waals surface area contributed by atoms with Crippen molar-refractivity contribution >= 4 is 11.3 Å². The molecule has 0 radical (unpaired) electrons. The maximum Gasteiger partial charge on any atom is 0.195 e. The number of ether oxygens (including phenoxy) is 1. The number of aromatic nitrogens is 1. The number of nitrogens with zero attached hydrogens (tertiary/aromatic N) is 1. The highest BCUT2D eigenvalue weighted by Crippen LogP contribution is 2.32. The van der Waals surface area contributed by atoms with Crippen molar-refractivity contribution in [3.8, 4) is 21.4 Å². The van der Waals surface area contributed by atoms with Crippen LogP contribution in [-0.4, -0.2) is 16.7 Å². The average Bonchev–Trinajstić information content (AvgIpc) is 2.61. The average molecular weight is 235 g/mol. The summed E-state index contributed by atoms with van der Waals surface area (Å²) in [6.45, 7) is 4.41. The van der Waals surface area contributed by atoms with Crippen molar-refractivity contribution in [2.24, 2.45) is 0 Å². The van der Waals surface area contributed by atoms with Crippen LogP contribution in [0.1, 0.15) is 12.6 Å². The maximum absolute atomic E-state index is 9.47. The number of aromatic hydroxyl groups is 1. The summed E-state index contributed by atoms with van der Waals surface area (Å²) in [6, 6.07) is 7.71. The molecule has 0 aliphatic heterocycles. The highest BCUT2D eigenvalue weighted by molar-refractivity contribution is 7.16. The zero-order valence-electron chi connectivity index (χ0n) is 9.23. The summed E-state index contributed by atoms with van der Waals surface area (Å²) in [7, 11) is 0. The van der Waals surface area contributed by atoms with Gasteiger partial charge in [-0.3, -0.25) is 0 Å². The first-order valence-electron chi connectivity index (χ1n) is 5.10. The van der Waals surface area contributed by atoms with Gasteiger partial charge in [-0.15, -0.1) is 0 Å². The van der Waals surface area contributed by atoms with Crippen LogP contribution in [0.5, 0.6) is 10.8 Å². The van der Waals surface area contributed by atoms with Gasteiger partial charge in [0.15, 0.2) is 5.06 Å². The largest absolute Gasteiger partial charge is 0.498 e. The summed E-state index contributed by atoms with van der Waals surface area (Å²) in [5, 5.41) is 10.6. The Bertz CT molecular complexity index is 457. The fraction of sp³-hybridized carbons (Fsp3) is 0.250. The predicted octanol–water partition coefficient (Wildman–Crippen LogP) is 3.22. The molecule has 16 heavy (non-hydrogen) atoms. The molecule has 0 aliphatic rings. The number of thiazole rings is 1. The number of aryl methyl sites for hydroxylation is 1. The Morgan fingerprint density at radius 2 is 2.00 bits per heavy atom. The lowest BCUT2D eigenvalue weighted by Crippen LogP contribution is -1.90. The predicted molar refractivity (Wildman–Crippen MR) is 65.1 cm³/mol. The zero-order chi connectivity index (χ0) is 11.5. The van der Waals surface area contributed by atoms with Crippen LogP contribution in [0.25, 0.3) is 10.6 Å². The first-order chi connectivity index (χ1) is 7.70. The standard InChI is InChI=1S/C12H13NO2S/c1-3-15-10-6-4-9(5-7-10)11-13-8(2)12(14)16-11/h4-7,14H,3H2,1-2H3. The topological polar surface area (TPSA) is 42.4 Å². The number of rotatable bonds is 3. The minimum absolute atomic E-state index is 0.281. The van der Waals surface area contributed by atoms with Crippen molar-refractivity contribution in [2.45, 2.75) is 13.8 Å². The molecule has 0 unspecified atom stereocenters.